The summed E-state index contributed by atoms with van der Waals surface area (Å²) in [6, 6.07) is 8.39. The Morgan fingerprint density at radius 1 is 1.14 bits per heavy atom. The normalized spacial score (nSPS) is 17.3. The highest BCUT2D eigenvalue weighted by molar-refractivity contribution is 7.91. The number of hydrogen-bond acceptors (Lipinski definition) is 7. The zero-order valence-corrected chi connectivity index (χ0v) is 23.4. The molecule has 1 aliphatic heterocycles. The summed E-state index contributed by atoms with van der Waals surface area (Å²) in [5.74, 6) is -0.209. The van der Waals surface area contributed by atoms with Crippen LogP contribution in [0, 0.1) is 6.92 Å². The standard InChI is InChI=1S/C24H31ClN4O3S3/c1-4-27(5-2)14-15-28(24-26-18-10-9-17(3)16-20(18)33-24)23(30)19-8-6-7-13-29(19)35(31,32)22-12-11-21(25)34-22/h9-12,16,19H,4-8,13-15H2,1-3H3. The molecule has 1 fully saturated rings. The third-order valence-corrected chi connectivity index (χ3v) is 11.1. The lowest BCUT2D eigenvalue weighted by molar-refractivity contribution is -0.123. The van der Waals surface area contributed by atoms with Crippen molar-refractivity contribution in [3.05, 3.63) is 40.2 Å². The number of carbonyl (C=O) groups excluding carboxylic acids is 1. The summed E-state index contributed by atoms with van der Waals surface area (Å²) in [5.41, 5.74) is 1.98. The van der Waals surface area contributed by atoms with Crippen LogP contribution in [0.4, 0.5) is 5.13 Å². The Labute approximate surface area is 220 Å². The maximum absolute atomic E-state index is 14.1. The van der Waals surface area contributed by atoms with Crippen molar-refractivity contribution in [3.63, 3.8) is 0 Å². The number of benzene rings is 1. The Kier molecular flexibility index (Phi) is 8.50. The predicted octanol–water partition coefficient (Wildman–Crippen LogP) is 5.24. The summed E-state index contributed by atoms with van der Waals surface area (Å²) < 4.78 is 30.0. The fraction of sp³-hybridized carbons (Fsp3) is 0.500. The van der Waals surface area contributed by atoms with Gasteiger partial charge in [-0.15, -0.1) is 11.3 Å². The molecule has 0 spiro atoms. The van der Waals surface area contributed by atoms with Crippen LogP contribution in [0.1, 0.15) is 38.7 Å². The first kappa shape index (κ1) is 26.5. The van der Waals surface area contributed by atoms with E-state index < -0.39 is 16.1 Å². The molecule has 0 aliphatic carbocycles. The number of fused-ring (bicyclic) bond motifs is 1. The van der Waals surface area contributed by atoms with Gasteiger partial charge >= 0.3 is 0 Å². The van der Waals surface area contributed by atoms with Crippen LogP contribution >= 0.6 is 34.3 Å². The van der Waals surface area contributed by atoms with Gasteiger partial charge in [0.2, 0.25) is 5.91 Å². The van der Waals surface area contributed by atoms with E-state index in [1.165, 1.54) is 21.7 Å². The van der Waals surface area contributed by atoms with Gasteiger partial charge in [0.1, 0.15) is 10.3 Å². The molecule has 190 valence electrons. The maximum Gasteiger partial charge on any atom is 0.253 e. The first-order chi connectivity index (χ1) is 16.7. The number of anilines is 1. The van der Waals surface area contributed by atoms with E-state index in [2.05, 4.69) is 24.8 Å². The zero-order valence-electron chi connectivity index (χ0n) is 20.2. The lowest BCUT2D eigenvalue weighted by Gasteiger charge is -2.36. The Morgan fingerprint density at radius 3 is 2.60 bits per heavy atom. The fourth-order valence-corrected chi connectivity index (χ4v) is 8.75. The number of piperidine rings is 1. The lowest BCUT2D eigenvalue weighted by Crippen LogP contribution is -2.54. The zero-order chi connectivity index (χ0) is 25.2. The number of amides is 1. The average Bonchev–Trinajstić information content (AvgIpc) is 3.47. The molecular weight excluding hydrogens is 524 g/mol. The number of carbonyl (C=O) groups is 1. The van der Waals surface area contributed by atoms with Crippen LogP contribution < -0.4 is 4.90 Å². The largest absolute Gasteiger partial charge is 0.302 e. The number of halogens is 1. The van der Waals surface area contributed by atoms with Gasteiger partial charge in [-0.05, 0) is 62.7 Å². The minimum absolute atomic E-state index is 0.173. The van der Waals surface area contributed by atoms with Gasteiger partial charge in [0.05, 0.1) is 14.6 Å². The predicted molar refractivity (Wildman–Crippen MR) is 145 cm³/mol. The third-order valence-electron chi connectivity index (χ3n) is 6.41. The molecule has 1 unspecified atom stereocenters. The quantitative estimate of drug-likeness (QED) is 0.362. The lowest BCUT2D eigenvalue weighted by atomic mass is 10.0. The van der Waals surface area contributed by atoms with Crippen molar-refractivity contribution in [2.75, 3.05) is 37.6 Å². The Balaban J connectivity index is 1.69. The molecule has 2 aromatic heterocycles. The van der Waals surface area contributed by atoms with E-state index in [9.17, 15) is 13.2 Å². The molecule has 1 atom stereocenters. The molecule has 0 saturated carbocycles. The first-order valence-corrected chi connectivity index (χ1v) is 15.4. The van der Waals surface area contributed by atoms with Crippen LogP contribution in [0.2, 0.25) is 4.34 Å². The van der Waals surface area contributed by atoms with Crippen molar-refractivity contribution in [1.82, 2.24) is 14.2 Å². The highest BCUT2D eigenvalue weighted by atomic mass is 35.5. The fourth-order valence-electron chi connectivity index (χ4n) is 4.39. The number of aryl methyl sites for hydroxylation is 1. The number of thiophene rings is 1. The maximum atomic E-state index is 14.1. The second kappa shape index (κ2) is 11.2. The molecule has 4 rings (SSSR count). The van der Waals surface area contributed by atoms with E-state index in [0.717, 1.165) is 53.0 Å². The van der Waals surface area contributed by atoms with Crippen LogP contribution in [-0.4, -0.2) is 67.3 Å². The molecular formula is C24H31ClN4O3S3. The number of thiazole rings is 1. The van der Waals surface area contributed by atoms with Crippen molar-refractivity contribution in [2.24, 2.45) is 0 Å². The van der Waals surface area contributed by atoms with Gasteiger partial charge in [-0.3, -0.25) is 9.69 Å². The van der Waals surface area contributed by atoms with E-state index in [1.54, 1.807) is 11.0 Å². The van der Waals surface area contributed by atoms with E-state index in [0.29, 0.717) is 35.5 Å². The van der Waals surface area contributed by atoms with Gasteiger partial charge < -0.3 is 4.90 Å². The van der Waals surface area contributed by atoms with Gasteiger partial charge in [0.15, 0.2) is 5.13 Å². The highest BCUT2D eigenvalue weighted by Gasteiger charge is 2.41. The number of rotatable bonds is 9. The van der Waals surface area contributed by atoms with Crippen molar-refractivity contribution in [1.29, 1.82) is 0 Å². The molecule has 3 heterocycles. The SMILES string of the molecule is CCN(CC)CCN(C(=O)C1CCCCN1S(=O)(=O)c1ccc(Cl)s1)c1nc2ccc(C)cc2s1. The minimum Gasteiger partial charge on any atom is -0.302 e. The number of aromatic nitrogens is 1. The molecule has 1 amide bonds. The monoisotopic (exact) mass is 554 g/mol. The summed E-state index contributed by atoms with van der Waals surface area (Å²) in [4.78, 5) is 22.8. The van der Waals surface area contributed by atoms with E-state index in [4.69, 9.17) is 16.6 Å². The van der Waals surface area contributed by atoms with Gasteiger partial charge in [-0.25, -0.2) is 13.4 Å². The molecule has 1 aromatic carbocycles. The van der Waals surface area contributed by atoms with Gasteiger partial charge in [-0.1, -0.05) is 49.3 Å². The molecule has 7 nitrogen and oxygen atoms in total. The smallest absolute Gasteiger partial charge is 0.253 e. The second-order valence-electron chi connectivity index (χ2n) is 8.67. The van der Waals surface area contributed by atoms with Gasteiger partial charge in [0, 0.05) is 19.6 Å². The minimum atomic E-state index is -3.83. The van der Waals surface area contributed by atoms with E-state index in [-0.39, 0.29) is 10.1 Å². The summed E-state index contributed by atoms with van der Waals surface area (Å²) in [7, 11) is -3.83. The molecule has 1 saturated heterocycles. The third kappa shape index (κ3) is 5.73. The van der Waals surface area contributed by atoms with Gasteiger partial charge in [0.25, 0.3) is 10.0 Å². The number of nitrogens with zero attached hydrogens (tertiary/aromatic N) is 4. The molecule has 35 heavy (non-hydrogen) atoms. The molecule has 11 heteroatoms. The van der Waals surface area contributed by atoms with Crippen LogP contribution in [0.15, 0.2) is 34.5 Å². The van der Waals surface area contributed by atoms with Crippen LogP contribution in [0.3, 0.4) is 0 Å². The van der Waals surface area contributed by atoms with Crippen molar-refractivity contribution in [3.8, 4) is 0 Å². The molecule has 1 aliphatic rings. The molecule has 0 N–H and O–H groups in total. The van der Waals surface area contributed by atoms with E-state index in [1.807, 2.05) is 19.1 Å². The summed E-state index contributed by atoms with van der Waals surface area (Å²) in [6.07, 6.45) is 2.02. The number of likely N-dealkylation sites (N-methyl/N-ethyl adjacent to an activating group) is 1. The van der Waals surface area contributed by atoms with E-state index >= 15 is 0 Å². The van der Waals surface area contributed by atoms with Crippen molar-refractivity contribution >= 4 is 65.6 Å². The molecule has 3 aromatic rings. The molecule has 0 bridgehead atoms. The van der Waals surface area contributed by atoms with Crippen LogP contribution in [0.25, 0.3) is 10.2 Å². The molecule has 0 radical (unpaired) electrons. The first-order valence-electron chi connectivity index (χ1n) is 11.9. The van der Waals surface area contributed by atoms with Crippen LogP contribution in [0.5, 0.6) is 0 Å². The van der Waals surface area contributed by atoms with Crippen LogP contribution in [-0.2, 0) is 14.8 Å². The Bertz CT molecular complexity index is 1290. The number of sulfonamides is 1. The van der Waals surface area contributed by atoms with Gasteiger partial charge in [-0.2, -0.15) is 4.31 Å². The van der Waals surface area contributed by atoms with Crippen molar-refractivity contribution in [2.45, 2.75) is 50.3 Å². The van der Waals surface area contributed by atoms with Crippen molar-refractivity contribution < 1.29 is 13.2 Å². The second-order valence-corrected chi connectivity index (χ2v) is 13.5. The summed E-state index contributed by atoms with van der Waals surface area (Å²) >= 11 is 8.54. The Morgan fingerprint density at radius 2 is 1.91 bits per heavy atom. The highest BCUT2D eigenvalue weighted by Crippen LogP contribution is 2.34. The Hall–Kier alpha value is -1.56. The average molecular weight is 555 g/mol. The topological polar surface area (TPSA) is 73.8 Å². The summed E-state index contributed by atoms with van der Waals surface area (Å²) in [5, 5.41) is 0.616. The number of hydrogen-bond donors (Lipinski definition) is 0. The summed E-state index contributed by atoms with van der Waals surface area (Å²) in [6.45, 7) is 9.43.